The highest BCUT2D eigenvalue weighted by atomic mass is 35.5. The van der Waals surface area contributed by atoms with Crippen molar-refractivity contribution in [3.8, 4) is 11.3 Å². The van der Waals surface area contributed by atoms with Crippen LogP contribution < -0.4 is 5.56 Å². The third kappa shape index (κ3) is 2.81. The van der Waals surface area contributed by atoms with E-state index in [0.717, 1.165) is 5.56 Å². The molecule has 1 fully saturated rings. The van der Waals surface area contributed by atoms with Gasteiger partial charge in [-0.05, 0) is 18.2 Å². The van der Waals surface area contributed by atoms with Crippen LogP contribution in [0.25, 0.3) is 16.9 Å². The number of fused-ring (bicyclic) bond motifs is 1. The molecule has 25 heavy (non-hydrogen) atoms. The van der Waals surface area contributed by atoms with Crippen LogP contribution in [0.3, 0.4) is 0 Å². The SMILES string of the molecule is CN1C[C@@H](c2cc(=O)n3[nH]c(-c4ccc(Cl)cc4Cl)cc3n2)CC1=O. The van der Waals surface area contributed by atoms with Crippen LogP contribution in [0.2, 0.25) is 10.0 Å². The summed E-state index contributed by atoms with van der Waals surface area (Å²) in [4.78, 5) is 30.4. The first-order valence-corrected chi connectivity index (χ1v) is 8.50. The van der Waals surface area contributed by atoms with Crippen LogP contribution in [-0.2, 0) is 4.79 Å². The zero-order chi connectivity index (χ0) is 17.7. The molecule has 1 aromatic carbocycles. The lowest BCUT2D eigenvalue weighted by atomic mass is 10.0. The minimum absolute atomic E-state index is 0.0623. The van der Waals surface area contributed by atoms with Crippen LogP contribution in [0, 0.1) is 0 Å². The molecule has 128 valence electrons. The molecule has 8 heteroatoms. The van der Waals surface area contributed by atoms with Gasteiger partial charge in [0.1, 0.15) is 0 Å². The van der Waals surface area contributed by atoms with E-state index in [4.69, 9.17) is 23.2 Å². The highest BCUT2D eigenvalue weighted by molar-refractivity contribution is 6.36. The largest absolute Gasteiger partial charge is 0.345 e. The number of carbonyl (C=O) groups is 1. The highest BCUT2D eigenvalue weighted by Gasteiger charge is 2.29. The maximum absolute atomic E-state index is 12.4. The highest BCUT2D eigenvalue weighted by Crippen LogP contribution is 2.30. The summed E-state index contributed by atoms with van der Waals surface area (Å²) in [6, 6.07) is 8.40. The molecule has 4 rings (SSSR count). The van der Waals surface area contributed by atoms with E-state index in [1.54, 1.807) is 36.2 Å². The molecule has 1 atom stereocenters. The average molecular weight is 377 g/mol. The van der Waals surface area contributed by atoms with E-state index in [1.807, 2.05) is 0 Å². The summed E-state index contributed by atoms with van der Waals surface area (Å²) in [7, 11) is 1.75. The molecule has 0 bridgehead atoms. The lowest BCUT2D eigenvalue weighted by Crippen LogP contribution is -2.20. The quantitative estimate of drug-likeness (QED) is 0.747. The molecule has 0 unspecified atom stereocenters. The Morgan fingerprint density at radius 1 is 1.20 bits per heavy atom. The fourth-order valence-corrected chi connectivity index (χ4v) is 3.64. The predicted molar refractivity (Wildman–Crippen MR) is 96.3 cm³/mol. The van der Waals surface area contributed by atoms with E-state index in [1.165, 1.54) is 10.6 Å². The minimum atomic E-state index is -0.224. The van der Waals surface area contributed by atoms with E-state index < -0.39 is 0 Å². The summed E-state index contributed by atoms with van der Waals surface area (Å²) >= 11 is 12.2. The van der Waals surface area contributed by atoms with Gasteiger partial charge in [0.05, 0.1) is 16.4 Å². The van der Waals surface area contributed by atoms with Crippen molar-refractivity contribution in [3.05, 3.63) is 56.4 Å². The Balaban J connectivity index is 1.80. The molecule has 1 amide bonds. The fourth-order valence-electron chi connectivity index (χ4n) is 3.13. The molecule has 1 N–H and O–H groups in total. The molecule has 0 aliphatic carbocycles. The molecule has 1 aliphatic rings. The Morgan fingerprint density at radius 2 is 2.00 bits per heavy atom. The first-order chi connectivity index (χ1) is 11.9. The van der Waals surface area contributed by atoms with Crippen molar-refractivity contribution in [2.24, 2.45) is 0 Å². The Hall–Kier alpha value is -2.31. The Kier molecular flexibility index (Phi) is 3.81. The van der Waals surface area contributed by atoms with Crippen molar-refractivity contribution in [3.63, 3.8) is 0 Å². The van der Waals surface area contributed by atoms with Gasteiger partial charge in [0.15, 0.2) is 5.65 Å². The van der Waals surface area contributed by atoms with Crippen molar-refractivity contribution >= 4 is 34.8 Å². The summed E-state index contributed by atoms with van der Waals surface area (Å²) in [6.07, 6.45) is 0.374. The van der Waals surface area contributed by atoms with E-state index in [-0.39, 0.29) is 17.4 Å². The Morgan fingerprint density at radius 3 is 2.68 bits per heavy atom. The summed E-state index contributed by atoms with van der Waals surface area (Å²) in [5, 5.41) is 4.03. The van der Waals surface area contributed by atoms with Gasteiger partial charge in [-0.25, -0.2) is 9.50 Å². The fraction of sp³-hybridized carbons (Fsp3) is 0.235. The van der Waals surface area contributed by atoms with Gasteiger partial charge in [-0.15, -0.1) is 0 Å². The summed E-state index contributed by atoms with van der Waals surface area (Å²) in [5.74, 6) is 0.00220. The van der Waals surface area contributed by atoms with Crippen LogP contribution >= 0.6 is 23.2 Å². The number of halogens is 2. The monoisotopic (exact) mass is 376 g/mol. The first kappa shape index (κ1) is 16.2. The van der Waals surface area contributed by atoms with Gasteiger partial charge >= 0.3 is 0 Å². The number of carbonyl (C=O) groups excluding carboxylic acids is 1. The molecule has 6 nitrogen and oxygen atoms in total. The maximum atomic E-state index is 12.4. The number of likely N-dealkylation sites (tertiary alicyclic amines) is 1. The second-order valence-corrected chi connectivity index (χ2v) is 7.03. The standard InChI is InChI=1S/C17H14Cl2N4O2/c1-22-8-9(4-16(22)24)13-7-17(25)23-15(20-13)6-14(21-23)11-3-2-10(18)5-12(11)19/h2-3,5-7,9,21H,4,8H2,1H3/t9-/m0/s1. The number of likely N-dealkylation sites (N-methyl/N-ethyl adjacent to an activating group) is 1. The third-order valence-corrected chi connectivity index (χ3v) is 5.00. The second-order valence-electron chi connectivity index (χ2n) is 6.18. The number of aromatic amines is 1. The number of H-pyrrole nitrogens is 1. The zero-order valence-electron chi connectivity index (χ0n) is 13.3. The van der Waals surface area contributed by atoms with Gasteiger partial charge in [-0.1, -0.05) is 23.2 Å². The Bertz CT molecular complexity index is 1060. The number of aromatic nitrogens is 3. The third-order valence-electron chi connectivity index (χ3n) is 4.45. The van der Waals surface area contributed by atoms with Crippen LogP contribution in [0.5, 0.6) is 0 Å². The zero-order valence-corrected chi connectivity index (χ0v) is 14.8. The number of nitrogens with zero attached hydrogens (tertiary/aromatic N) is 3. The molecular formula is C17H14Cl2N4O2. The smallest absolute Gasteiger partial charge is 0.272 e. The number of hydrogen-bond acceptors (Lipinski definition) is 3. The molecule has 3 aromatic rings. The number of rotatable bonds is 2. The van der Waals surface area contributed by atoms with Crippen LogP contribution in [0.1, 0.15) is 18.0 Å². The lowest BCUT2D eigenvalue weighted by Gasteiger charge is -2.09. The maximum Gasteiger partial charge on any atom is 0.272 e. The van der Waals surface area contributed by atoms with Crippen LogP contribution in [-0.4, -0.2) is 39.0 Å². The summed E-state index contributed by atoms with van der Waals surface area (Å²) in [5.41, 5.74) is 2.30. The number of nitrogens with one attached hydrogen (secondary N) is 1. The van der Waals surface area contributed by atoms with E-state index >= 15 is 0 Å². The van der Waals surface area contributed by atoms with Gasteiger partial charge in [0.2, 0.25) is 5.91 Å². The van der Waals surface area contributed by atoms with Crippen molar-refractivity contribution in [2.75, 3.05) is 13.6 Å². The second kappa shape index (κ2) is 5.89. The topological polar surface area (TPSA) is 70.5 Å². The molecule has 0 saturated carbocycles. The van der Waals surface area contributed by atoms with E-state index in [9.17, 15) is 9.59 Å². The van der Waals surface area contributed by atoms with Gasteiger partial charge in [-0.3, -0.25) is 14.7 Å². The van der Waals surface area contributed by atoms with Crippen LogP contribution in [0.4, 0.5) is 0 Å². The summed E-state index contributed by atoms with van der Waals surface area (Å²) in [6.45, 7) is 0.571. The minimum Gasteiger partial charge on any atom is -0.345 e. The van der Waals surface area contributed by atoms with Crippen molar-refractivity contribution in [2.45, 2.75) is 12.3 Å². The number of amides is 1. The van der Waals surface area contributed by atoms with Gasteiger partial charge < -0.3 is 4.90 Å². The van der Waals surface area contributed by atoms with Crippen molar-refractivity contribution < 1.29 is 4.79 Å². The van der Waals surface area contributed by atoms with E-state index in [2.05, 4.69) is 10.1 Å². The van der Waals surface area contributed by atoms with Crippen LogP contribution in [0.15, 0.2) is 35.1 Å². The van der Waals surface area contributed by atoms with E-state index in [0.29, 0.717) is 40.0 Å². The average Bonchev–Trinajstić information content (AvgIpc) is 3.11. The van der Waals surface area contributed by atoms with Gasteiger partial charge in [0.25, 0.3) is 5.56 Å². The van der Waals surface area contributed by atoms with Gasteiger partial charge in [-0.2, -0.15) is 0 Å². The molecule has 1 aliphatic heterocycles. The molecular weight excluding hydrogens is 363 g/mol. The lowest BCUT2D eigenvalue weighted by molar-refractivity contribution is -0.126. The van der Waals surface area contributed by atoms with Crippen molar-refractivity contribution in [1.29, 1.82) is 0 Å². The number of benzene rings is 1. The van der Waals surface area contributed by atoms with Crippen molar-refractivity contribution in [1.82, 2.24) is 19.5 Å². The summed E-state index contributed by atoms with van der Waals surface area (Å²) < 4.78 is 1.37. The molecule has 3 heterocycles. The Labute approximate surface area is 153 Å². The number of hydrogen-bond donors (Lipinski definition) is 1. The molecule has 1 saturated heterocycles. The molecule has 2 aromatic heterocycles. The predicted octanol–water partition coefficient (Wildman–Crippen LogP) is 2.94. The normalized spacial score (nSPS) is 17.6. The first-order valence-electron chi connectivity index (χ1n) is 7.74. The molecule has 0 radical (unpaired) electrons. The molecule has 0 spiro atoms. The van der Waals surface area contributed by atoms with Gasteiger partial charge in [0, 0.05) is 48.6 Å².